The minimum atomic E-state index is -0.802. The molecule has 0 bridgehead atoms. The molecule has 1 fully saturated rings. The van der Waals surface area contributed by atoms with Crippen molar-refractivity contribution in [3.8, 4) is 0 Å². The van der Waals surface area contributed by atoms with Gasteiger partial charge in [-0.05, 0) is 37.8 Å². The van der Waals surface area contributed by atoms with E-state index < -0.39 is 5.97 Å². The summed E-state index contributed by atoms with van der Waals surface area (Å²) in [5.74, 6) is -0.824. The number of para-hydroxylation sites is 1. The van der Waals surface area contributed by atoms with Crippen molar-refractivity contribution < 1.29 is 14.7 Å². The quantitative estimate of drug-likeness (QED) is 0.911. The highest BCUT2D eigenvalue weighted by Gasteiger charge is 2.28. The van der Waals surface area contributed by atoms with Crippen LogP contribution >= 0.6 is 0 Å². The largest absolute Gasteiger partial charge is 0.481 e. The fraction of sp³-hybridized carbons (Fsp3) is 0.412. The molecule has 2 heterocycles. The molecule has 1 aromatic carbocycles. The Bertz CT molecular complexity index is 659. The van der Waals surface area contributed by atoms with Crippen molar-refractivity contribution in [2.24, 2.45) is 0 Å². The lowest BCUT2D eigenvalue weighted by Crippen LogP contribution is -2.44. The van der Waals surface area contributed by atoms with E-state index in [9.17, 15) is 9.59 Å². The number of likely N-dealkylation sites (tertiary alicyclic amines) is 1. The van der Waals surface area contributed by atoms with E-state index >= 15 is 0 Å². The summed E-state index contributed by atoms with van der Waals surface area (Å²) in [6.07, 6.45) is 3.57. The predicted octanol–water partition coefficient (Wildman–Crippen LogP) is 3.03. The number of H-pyrrole nitrogens is 1. The summed E-state index contributed by atoms with van der Waals surface area (Å²) in [7, 11) is 0. The van der Waals surface area contributed by atoms with Crippen LogP contribution in [-0.2, 0) is 4.79 Å². The third kappa shape index (κ3) is 2.98. The van der Waals surface area contributed by atoms with E-state index in [-0.39, 0.29) is 18.4 Å². The number of hydrogen-bond acceptors (Lipinski definition) is 2. The molecule has 1 aromatic heterocycles. The lowest BCUT2D eigenvalue weighted by Gasteiger charge is -2.35. The molecule has 0 radical (unpaired) electrons. The first-order valence-corrected chi connectivity index (χ1v) is 7.75. The molecule has 0 saturated carbocycles. The van der Waals surface area contributed by atoms with E-state index in [1.54, 1.807) is 0 Å². The van der Waals surface area contributed by atoms with Gasteiger partial charge in [-0.2, -0.15) is 0 Å². The Morgan fingerprint density at radius 3 is 2.86 bits per heavy atom. The molecule has 0 aliphatic carbocycles. The summed E-state index contributed by atoms with van der Waals surface area (Å²) in [6.45, 7) is 0.707. The molecule has 2 N–H and O–H groups in total. The molecule has 1 atom stereocenters. The zero-order chi connectivity index (χ0) is 15.5. The SMILES string of the molecule is O=C(O)CC[C@@H]1CCCCN1C(=O)c1cc2ccccc2[nH]1. The summed E-state index contributed by atoms with van der Waals surface area (Å²) >= 11 is 0. The van der Waals surface area contributed by atoms with E-state index in [0.717, 1.165) is 30.2 Å². The van der Waals surface area contributed by atoms with E-state index in [1.165, 1.54) is 0 Å². The standard InChI is InChI=1S/C17H20N2O3/c20-16(21)9-8-13-6-3-4-10-19(13)17(22)15-11-12-5-1-2-7-14(12)18-15/h1-2,5,7,11,13,18H,3-4,6,8-10H2,(H,20,21)/t13-/m0/s1. The Hall–Kier alpha value is -2.30. The lowest BCUT2D eigenvalue weighted by molar-refractivity contribution is -0.137. The number of nitrogens with zero attached hydrogens (tertiary/aromatic N) is 1. The van der Waals surface area contributed by atoms with Crippen LogP contribution in [-0.4, -0.2) is 39.5 Å². The van der Waals surface area contributed by atoms with Crippen LogP contribution in [0.1, 0.15) is 42.6 Å². The normalized spacial score (nSPS) is 18.5. The number of benzene rings is 1. The third-order valence-electron chi connectivity index (χ3n) is 4.34. The molecule has 1 aliphatic heterocycles. The van der Waals surface area contributed by atoms with Gasteiger partial charge in [-0.1, -0.05) is 18.2 Å². The monoisotopic (exact) mass is 300 g/mol. The smallest absolute Gasteiger partial charge is 0.303 e. The highest BCUT2D eigenvalue weighted by Crippen LogP contribution is 2.24. The summed E-state index contributed by atoms with van der Waals surface area (Å²) < 4.78 is 0. The van der Waals surface area contributed by atoms with Crippen molar-refractivity contribution in [1.29, 1.82) is 0 Å². The van der Waals surface area contributed by atoms with Gasteiger partial charge >= 0.3 is 5.97 Å². The van der Waals surface area contributed by atoms with Crippen molar-refractivity contribution in [1.82, 2.24) is 9.88 Å². The number of nitrogens with one attached hydrogen (secondary N) is 1. The predicted molar refractivity (Wildman–Crippen MR) is 83.8 cm³/mol. The maximum atomic E-state index is 12.8. The minimum Gasteiger partial charge on any atom is -0.481 e. The van der Waals surface area contributed by atoms with Crippen molar-refractivity contribution >= 4 is 22.8 Å². The number of aliphatic carboxylic acids is 1. The molecule has 3 rings (SSSR count). The van der Waals surface area contributed by atoms with Crippen LogP contribution < -0.4 is 0 Å². The summed E-state index contributed by atoms with van der Waals surface area (Å²) in [5, 5.41) is 9.89. The first-order chi connectivity index (χ1) is 10.6. The van der Waals surface area contributed by atoms with E-state index in [4.69, 9.17) is 5.11 Å². The van der Waals surface area contributed by atoms with E-state index in [1.807, 2.05) is 35.2 Å². The number of amides is 1. The number of aromatic nitrogens is 1. The average Bonchev–Trinajstić information content (AvgIpc) is 2.96. The van der Waals surface area contributed by atoms with Gasteiger partial charge in [0.2, 0.25) is 0 Å². The average molecular weight is 300 g/mol. The van der Waals surface area contributed by atoms with Crippen LogP contribution in [0.5, 0.6) is 0 Å². The van der Waals surface area contributed by atoms with Crippen molar-refractivity contribution in [3.05, 3.63) is 36.0 Å². The minimum absolute atomic E-state index is 0.0220. The lowest BCUT2D eigenvalue weighted by atomic mass is 9.97. The van der Waals surface area contributed by atoms with Gasteiger partial charge in [0.05, 0.1) is 0 Å². The van der Waals surface area contributed by atoms with Crippen molar-refractivity contribution in [2.75, 3.05) is 6.54 Å². The molecule has 0 spiro atoms. The van der Waals surface area contributed by atoms with Gasteiger partial charge < -0.3 is 15.0 Å². The molecule has 116 valence electrons. The number of carbonyl (C=O) groups excluding carboxylic acids is 1. The highest BCUT2D eigenvalue weighted by atomic mass is 16.4. The summed E-state index contributed by atoms with van der Waals surface area (Å²) in [4.78, 5) is 28.6. The fourth-order valence-electron chi connectivity index (χ4n) is 3.20. The van der Waals surface area contributed by atoms with Crippen LogP contribution in [0.2, 0.25) is 0 Å². The fourth-order valence-corrected chi connectivity index (χ4v) is 3.20. The molecule has 5 nitrogen and oxygen atoms in total. The number of fused-ring (bicyclic) bond motifs is 1. The number of rotatable bonds is 4. The van der Waals surface area contributed by atoms with Gasteiger partial charge in [-0.3, -0.25) is 9.59 Å². The maximum Gasteiger partial charge on any atom is 0.303 e. The molecule has 5 heteroatoms. The number of carboxylic acid groups (broad SMARTS) is 1. The molecule has 2 aromatic rings. The number of carbonyl (C=O) groups is 2. The van der Waals surface area contributed by atoms with E-state index in [2.05, 4.69) is 4.98 Å². The Kier molecular flexibility index (Phi) is 4.13. The van der Waals surface area contributed by atoms with Gasteiger partial charge in [-0.25, -0.2) is 0 Å². The molecular formula is C17H20N2O3. The molecule has 1 amide bonds. The van der Waals surface area contributed by atoms with Gasteiger partial charge in [0, 0.05) is 29.9 Å². The second-order valence-electron chi connectivity index (χ2n) is 5.85. The zero-order valence-corrected chi connectivity index (χ0v) is 12.4. The molecule has 22 heavy (non-hydrogen) atoms. The highest BCUT2D eigenvalue weighted by molar-refractivity contribution is 5.98. The maximum absolute atomic E-state index is 12.8. The van der Waals surface area contributed by atoms with Gasteiger partial charge in [0.15, 0.2) is 0 Å². The summed E-state index contributed by atoms with van der Waals surface area (Å²) in [5.41, 5.74) is 1.54. The van der Waals surface area contributed by atoms with Crippen LogP contribution in [0.25, 0.3) is 10.9 Å². The second-order valence-corrected chi connectivity index (χ2v) is 5.85. The first kappa shape index (κ1) is 14.6. The molecule has 1 saturated heterocycles. The van der Waals surface area contributed by atoms with Crippen LogP contribution in [0.15, 0.2) is 30.3 Å². The molecule has 1 aliphatic rings. The summed E-state index contributed by atoms with van der Waals surface area (Å²) in [6, 6.07) is 9.71. The Morgan fingerprint density at radius 1 is 1.27 bits per heavy atom. The van der Waals surface area contributed by atoms with Gasteiger partial charge in [-0.15, -0.1) is 0 Å². The number of carboxylic acids is 1. The van der Waals surface area contributed by atoms with Gasteiger partial charge in [0.25, 0.3) is 5.91 Å². The number of piperidine rings is 1. The van der Waals surface area contributed by atoms with Crippen LogP contribution in [0, 0.1) is 0 Å². The molecular weight excluding hydrogens is 280 g/mol. The molecule has 0 unspecified atom stereocenters. The van der Waals surface area contributed by atoms with Gasteiger partial charge in [0.1, 0.15) is 5.69 Å². The van der Waals surface area contributed by atoms with Crippen molar-refractivity contribution in [2.45, 2.75) is 38.1 Å². The topological polar surface area (TPSA) is 73.4 Å². The first-order valence-electron chi connectivity index (χ1n) is 7.75. The second kappa shape index (κ2) is 6.22. The Morgan fingerprint density at radius 2 is 2.09 bits per heavy atom. The van der Waals surface area contributed by atoms with Crippen LogP contribution in [0.3, 0.4) is 0 Å². The number of hydrogen-bond donors (Lipinski definition) is 2. The van der Waals surface area contributed by atoms with Crippen LogP contribution in [0.4, 0.5) is 0 Å². The Balaban J connectivity index is 1.80. The van der Waals surface area contributed by atoms with Crippen molar-refractivity contribution in [3.63, 3.8) is 0 Å². The zero-order valence-electron chi connectivity index (χ0n) is 12.4. The van der Waals surface area contributed by atoms with E-state index in [0.29, 0.717) is 18.7 Å². The Labute approximate surface area is 128 Å². The third-order valence-corrected chi connectivity index (χ3v) is 4.34. The number of aromatic amines is 1.